The Morgan fingerprint density at radius 3 is 3.00 bits per heavy atom. The normalized spacial score (nSPS) is 13.5. The van der Waals surface area contributed by atoms with E-state index in [1.54, 1.807) is 11.5 Å². The number of fused-ring (bicyclic) bond motifs is 2. The highest BCUT2D eigenvalue weighted by Gasteiger charge is 2.27. The maximum absolute atomic E-state index is 12.3. The molecule has 1 aliphatic rings. The summed E-state index contributed by atoms with van der Waals surface area (Å²) in [5.74, 6) is -0.391. The van der Waals surface area contributed by atoms with Gasteiger partial charge in [0.2, 0.25) is 0 Å². The molecule has 2 aromatic heterocycles. The maximum Gasteiger partial charge on any atom is 0.274 e. The summed E-state index contributed by atoms with van der Waals surface area (Å²) in [6.07, 6.45) is 3.73. The second-order valence-electron chi connectivity index (χ2n) is 5.59. The molecule has 2 amide bonds. The molecule has 0 fully saturated rings. The largest absolute Gasteiger partial charge is 0.482 e. The summed E-state index contributed by atoms with van der Waals surface area (Å²) < 4.78 is 7.29. The van der Waals surface area contributed by atoms with Gasteiger partial charge in [0, 0.05) is 18.0 Å². The Labute approximate surface area is 142 Å². The molecule has 0 unspecified atom stereocenters. The molecule has 8 heteroatoms. The first kappa shape index (κ1) is 15.2. The number of pyridine rings is 1. The van der Waals surface area contributed by atoms with Gasteiger partial charge in [-0.15, -0.1) is 0 Å². The molecule has 126 valence electrons. The number of nitrogens with one attached hydrogen (secondary N) is 1. The number of carbonyl (C=O) groups excluding carboxylic acids is 2. The topological polar surface area (TPSA) is 96.2 Å². The van der Waals surface area contributed by atoms with E-state index in [1.165, 1.54) is 17.0 Å². The van der Waals surface area contributed by atoms with Crippen molar-refractivity contribution in [3.63, 3.8) is 0 Å². The van der Waals surface area contributed by atoms with E-state index < -0.39 is 5.91 Å². The van der Waals surface area contributed by atoms with Crippen molar-refractivity contribution >= 4 is 23.1 Å². The molecule has 3 aromatic rings. The van der Waals surface area contributed by atoms with Crippen LogP contribution in [0.1, 0.15) is 16.1 Å². The zero-order valence-corrected chi connectivity index (χ0v) is 13.0. The highest BCUT2D eigenvalue weighted by Crippen LogP contribution is 2.34. The molecule has 0 spiro atoms. The van der Waals surface area contributed by atoms with Gasteiger partial charge in [0.15, 0.2) is 6.61 Å². The molecular weight excluding hydrogens is 324 g/mol. The van der Waals surface area contributed by atoms with E-state index in [1.807, 2.05) is 35.0 Å². The monoisotopic (exact) mass is 338 g/mol. The fraction of sp³-hybridized carbons (Fsp3) is 0.118. The van der Waals surface area contributed by atoms with E-state index >= 15 is 0 Å². The van der Waals surface area contributed by atoms with Crippen LogP contribution in [-0.4, -0.2) is 33.0 Å². The van der Waals surface area contributed by atoms with Crippen molar-refractivity contribution in [1.29, 1.82) is 0 Å². The van der Waals surface area contributed by atoms with E-state index in [9.17, 15) is 9.59 Å². The van der Waals surface area contributed by atoms with E-state index in [0.717, 1.165) is 5.65 Å². The molecule has 1 aromatic carbocycles. The molecule has 0 atom stereocenters. The Bertz CT molecular complexity index is 949. The number of carbonyl (C=O) groups is 2. The second-order valence-corrected chi connectivity index (χ2v) is 5.59. The predicted molar refractivity (Wildman–Crippen MR) is 87.6 cm³/mol. The van der Waals surface area contributed by atoms with Gasteiger partial charge in [0.05, 0.1) is 17.9 Å². The molecule has 0 saturated carbocycles. The van der Waals surface area contributed by atoms with Crippen LogP contribution in [0.4, 0.5) is 5.69 Å². The Kier molecular flexibility index (Phi) is 3.58. The van der Waals surface area contributed by atoms with Crippen LogP contribution in [0, 0.1) is 0 Å². The predicted octanol–water partition coefficient (Wildman–Crippen LogP) is 1.38. The van der Waals surface area contributed by atoms with Crippen LogP contribution in [0.15, 0.2) is 48.8 Å². The molecular formula is C17H14N4O4. The number of benzene rings is 1. The van der Waals surface area contributed by atoms with Crippen LogP contribution in [0.5, 0.6) is 5.75 Å². The van der Waals surface area contributed by atoms with Crippen LogP contribution in [0.2, 0.25) is 0 Å². The minimum Gasteiger partial charge on any atom is -0.482 e. The Morgan fingerprint density at radius 1 is 1.32 bits per heavy atom. The molecule has 0 aliphatic carbocycles. The first-order valence-corrected chi connectivity index (χ1v) is 7.60. The Morgan fingerprint density at radius 2 is 2.20 bits per heavy atom. The van der Waals surface area contributed by atoms with Crippen molar-refractivity contribution in [2.45, 2.75) is 6.54 Å². The van der Waals surface area contributed by atoms with Gasteiger partial charge in [-0.05, 0) is 30.3 Å². The van der Waals surface area contributed by atoms with Crippen LogP contribution >= 0.6 is 0 Å². The molecule has 4 rings (SSSR count). The van der Waals surface area contributed by atoms with Gasteiger partial charge in [-0.25, -0.2) is 10.5 Å². The summed E-state index contributed by atoms with van der Waals surface area (Å²) >= 11 is 0. The number of hydrogen-bond acceptors (Lipinski definition) is 5. The van der Waals surface area contributed by atoms with Crippen molar-refractivity contribution < 1.29 is 19.5 Å². The van der Waals surface area contributed by atoms with Crippen molar-refractivity contribution in [1.82, 2.24) is 14.9 Å². The number of amides is 2. The van der Waals surface area contributed by atoms with Crippen molar-refractivity contribution in [3.8, 4) is 5.75 Å². The molecule has 1 aliphatic heterocycles. The average Bonchev–Trinajstić information content (AvgIpc) is 3.05. The molecule has 2 N–H and O–H groups in total. The minimum atomic E-state index is -0.659. The number of nitrogens with zero attached hydrogens (tertiary/aromatic N) is 3. The first-order chi connectivity index (χ1) is 12.2. The number of hydroxylamine groups is 1. The number of aromatic nitrogens is 2. The third kappa shape index (κ3) is 2.68. The van der Waals surface area contributed by atoms with Gasteiger partial charge in [-0.3, -0.25) is 19.7 Å². The molecule has 0 radical (unpaired) electrons. The SMILES string of the molecule is O=C(NO)c1ccc2c(c1)N(Cc1cn3ccccc3n1)C(=O)CO2. The fourth-order valence-electron chi connectivity index (χ4n) is 2.81. The number of ether oxygens (including phenoxy) is 1. The Balaban J connectivity index is 1.71. The lowest BCUT2D eigenvalue weighted by molar-refractivity contribution is -0.121. The van der Waals surface area contributed by atoms with Gasteiger partial charge < -0.3 is 9.14 Å². The molecule has 8 nitrogen and oxygen atoms in total. The summed E-state index contributed by atoms with van der Waals surface area (Å²) in [7, 11) is 0. The first-order valence-electron chi connectivity index (χ1n) is 7.60. The zero-order valence-electron chi connectivity index (χ0n) is 13.0. The third-order valence-corrected chi connectivity index (χ3v) is 4.00. The lowest BCUT2D eigenvalue weighted by atomic mass is 10.1. The van der Waals surface area contributed by atoms with Gasteiger partial charge in [-0.1, -0.05) is 6.07 Å². The maximum atomic E-state index is 12.3. The summed E-state index contributed by atoms with van der Waals surface area (Å²) in [6.45, 7) is 0.174. The van der Waals surface area contributed by atoms with E-state index in [2.05, 4.69) is 4.98 Å². The third-order valence-electron chi connectivity index (χ3n) is 4.00. The lowest BCUT2D eigenvalue weighted by Crippen LogP contribution is -2.38. The lowest BCUT2D eigenvalue weighted by Gasteiger charge is -2.29. The van der Waals surface area contributed by atoms with Gasteiger partial charge in [0.1, 0.15) is 11.4 Å². The number of imidazole rings is 1. The number of hydrogen-bond donors (Lipinski definition) is 2. The van der Waals surface area contributed by atoms with Crippen molar-refractivity contribution in [2.75, 3.05) is 11.5 Å². The van der Waals surface area contributed by atoms with Gasteiger partial charge in [-0.2, -0.15) is 0 Å². The van der Waals surface area contributed by atoms with Gasteiger partial charge in [0.25, 0.3) is 11.8 Å². The quantitative estimate of drug-likeness (QED) is 0.555. The summed E-state index contributed by atoms with van der Waals surface area (Å²) in [5, 5.41) is 8.80. The summed E-state index contributed by atoms with van der Waals surface area (Å²) in [4.78, 5) is 30.0. The molecule has 0 bridgehead atoms. The van der Waals surface area contributed by atoms with Crippen LogP contribution in [-0.2, 0) is 11.3 Å². The standard InChI is InChI=1S/C17H14N4O4/c22-16-10-25-14-5-4-11(17(23)19-24)7-13(14)21(16)9-12-8-20-6-2-1-3-15(20)18-12/h1-8,24H,9-10H2,(H,19,23). The summed E-state index contributed by atoms with van der Waals surface area (Å²) in [6, 6.07) is 10.3. The minimum absolute atomic E-state index is 0.0775. The second kappa shape index (κ2) is 5.91. The van der Waals surface area contributed by atoms with Crippen molar-refractivity contribution in [3.05, 3.63) is 60.0 Å². The highest BCUT2D eigenvalue weighted by molar-refractivity contribution is 6.00. The van der Waals surface area contributed by atoms with E-state index in [-0.39, 0.29) is 24.6 Å². The van der Waals surface area contributed by atoms with Crippen LogP contribution in [0.3, 0.4) is 0 Å². The number of rotatable bonds is 3. The highest BCUT2D eigenvalue weighted by atomic mass is 16.5. The smallest absolute Gasteiger partial charge is 0.274 e. The number of anilines is 1. The Hall–Kier alpha value is -3.39. The fourth-order valence-corrected chi connectivity index (χ4v) is 2.81. The average molecular weight is 338 g/mol. The molecule has 25 heavy (non-hydrogen) atoms. The molecule has 0 saturated heterocycles. The van der Waals surface area contributed by atoms with Crippen molar-refractivity contribution in [2.24, 2.45) is 0 Å². The molecule has 3 heterocycles. The van der Waals surface area contributed by atoms with Gasteiger partial charge >= 0.3 is 0 Å². The van der Waals surface area contributed by atoms with Crippen LogP contribution < -0.4 is 15.1 Å². The van der Waals surface area contributed by atoms with Crippen LogP contribution in [0.25, 0.3) is 5.65 Å². The zero-order chi connectivity index (χ0) is 17.4. The van der Waals surface area contributed by atoms with E-state index in [4.69, 9.17) is 9.94 Å². The van der Waals surface area contributed by atoms with E-state index in [0.29, 0.717) is 17.1 Å². The summed E-state index contributed by atoms with van der Waals surface area (Å²) in [5.41, 5.74) is 3.77.